The molecule has 15 heavy (non-hydrogen) atoms. The Kier molecular flexibility index (Phi) is 3.63. The lowest BCUT2D eigenvalue weighted by Gasteiger charge is -2.22. The van der Waals surface area contributed by atoms with E-state index in [-0.39, 0.29) is 11.4 Å². The average molecular weight is 228 g/mol. The first kappa shape index (κ1) is 11.9. The highest BCUT2D eigenvalue weighted by Crippen LogP contribution is 2.19. The Morgan fingerprint density at radius 1 is 1.40 bits per heavy atom. The van der Waals surface area contributed by atoms with E-state index in [4.69, 9.17) is 11.6 Å². The molecule has 1 atom stereocenters. The molecular formula is C10H14ClN3O. The minimum Gasteiger partial charge on any atom is -0.350 e. The molecule has 82 valence electrons. The molecule has 0 fully saturated rings. The van der Waals surface area contributed by atoms with Gasteiger partial charge < -0.3 is 5.32 Å². The molecule has 5 heteroatoms. The van der Waals surface area contributed by atoms with Crippen LogP contribution in [0.15, 0.2) is 18.7 Å². The maximum Gasteiger partial charge on any atom is 0.243 e. The molecule has 0 spiro atoms. The Hall–Kier alpha value is -1.16. The zero-order valence-corrected chi connectivity index (χ0v) is 9.75. The summed E-state index contributed by atoms with van der Waals surface area (Å²) in [4.78, 5) is 19.3. The first-order valence-corrected chi connectivity index (χ1v) is 5.05. The lowest BCUT2D eigenvalue weighted by Crippen LogP contribution is -2.42. The minimum absolute atomic E-state index is 0.237. The number of halogens is 1. The summed E-state index contributed by atoms with van der Waals surface area (Å²) in [6, 6.07) is 0. The van der Waals surface area contributed by atoms with Crippen molar-refractivity contribution in [3.63, 3.8) is 0 Å². The van der Waals surface area contributed by atoms with E-state index >= 15 is 0 Å². The summed E-state index contributed by atoms with van der Waals surface area (Å²) in [6.07, 6.45) is 4.47. The maximum absolute atomic E-state index is 11.7. The molecule has 1 rings (SSSR count). The summed E-state index contributed by atoms with van der Waals surface area (Å²) in [5.74, 6) is -0.237. The van der Waals surface area contributed by atoms with Crippen molar-refractivity contribution in [3.8, 4) is 0 Å². The molecule has 0 radical (unpaired) electrons. The largest absolute Gasteiger partial charge is 0.350 e. The smallest absolute Gasteiger partial charge is 0.243 e. The van der Waals surface area contributed by atoms with Crippen LogP contribution in [-0.4, -0.2) is 21.4 Å². The predicted octanol–water partition coefficient (Wildman–Crippen LogP) is 1.67. The molecule has 0 aliphatic heterocycles. The summed E-state index contributed by atoms with van der Waals surface area (Å²) >= 11 is 5.97. The Bertz CT molecular complexity index is 334. The molecule has 1 unspecified atom stereocenters. The van der Waals surface area contributed by atoms with Crippen LogP contribution in [0.25, 0.3) is 0 Å². The van der Waals surface area contributed by atoms with Gasteiger partial charge in [-0.1, -0.05) is 0 Å². The number of rotatable bonds is 2. The molecule has 1 N–H and O–H groups in total. The standard InChI is InChI=1S/C10H14ClN3O/c1-10(2,3)14-9(15)8(11)7-4-12-6-13-5-7/h4-6,8H,1-3H3,(H,14,15). The highest BCUT2D eigenvalue weighted by molar-refractivity contribution is 6.30. The van der Waals surface area contributed by atoms with Crippen LogP contribution in [0.1, 0.15) is 31.7 Å². The second-order valence-electron chi connectivity index (χ2n) is 4.27. The van der Waals surface area contributed by atoms with E-state index in [0.29, 0.717) is 5.56 Å². The Morgan fingerprint density at radius 2 is 1.93 bits per heavy atom. The van der Waals surface area contributed by atoms with Gasteiger partial charge in [0, 0.05) is 23.5 Å². The fourth-order valence-corrected chi connectivity index (χ4v) is 1.19. The van der Waals surface area contributed by atoms with Crippen LogP contribution in [0.5, 0.6) is 0 Å². The van der Waals surface area contributed by atoms with Crippen molar-refractivity contribution >= 4 is 17.5 Å². The lowest BCUT2D eigenvalue weighted by molar-refractivity contribution is -0.122. The summed E-state index contributed by atoms with van der Waals surface area (Å²) in [6.45, 7) is 5.70. The van der Waals surface area contributed by atoms with E-state index in [9.17, 15) is 4.79 Å². The van der Waals surface area contributed by atoms with E-state index < -0.39 is 5.38 Å². The van der Waals surface area contributed by atoms with Gasteiger partial charge in [0.25, 0.3) is 0 Å². The van der Waals surface area contributed by atoms with Crippen molar-refractivity contribution in [2.24, 2.45) is 0 Å². The normalized spacial score (nSPS) is 13.3. The van der Waals surface area contributed by atoms with Gasteiger partial charge in [-0.15, -0.1) is 11.6 Å². The number of carbonyl (C=O) groups excluding carboxylic acids is 1. The third-order valence-electron chi connectivity index (χ3n) is 1.60. The molecule has 1 aromatic rings. The molecule has 0 bridgehead atoms. The van der Waals surface area contributed by atoms with E-state index in [1.165, 1.54) is 18.7 Å². The zero-order chi connectivity index (χ0) is 11.5. The van der Waals surface area contributed by atoms with Crippen molar-refractivity contribution in [1.82, 2.24) is 15.3 Å². The predicted molar refractivity (Wildman–Crippen MR) is 58.5 cm³/mol. The van der Waals surface area contributed by atoms with Crippen molar-refractivity contribution < 1.29 is 4.79 Å². The third kappa shape index (κ3) is 3.83. The van der Waals surface area contributed by atoms with Crippen LogP contribution >= 0.6 is 11.6 Å². The number of amides is 1. The van der Waals surface area contributed by atoms with Gasteiger partial charge in [0.05, 0.1) is 0 Å². The van der Waals surface area contributed by atoms with Crippen LogP contribution in [0.3, 0.4) is 0 Å². The number of nitrogens with one attached hydrogen (secondary N) is 1. The van der Waals surface area contributed by atoms with Gasteiger partial charge >= 0.3 is 0 Å². The fraction of sp³-hybridized carbons (Fsp3) is 0.500. The molecule has 1 aromatic heterocycles. The second kappa shape index (κ2) is 4.57. The van der Waals surface area contributed by atoms with Crippen LogP contribution in [0.4, 0.5) is 0 Å². The van der Waals surface area contributed by atoms with Gasteiger partial charge in [-0.2, -0.15) is 0 Å². The summed E-state index contributed by atoms with van der Waals surface area (Å²) in [5, 5.41) is 2.05. The highest BCUT2D eigenvalue weighted by atomic mass is 35.5. The van der Waals surface area contributed by atoms with Gasteiger partial charge in [-0.3, -0.25) is 4.79 Å². The number of hydrogen-bond acceptors (Lipinski definition) is 3. The average Bonchev–Trinajstić information content (AvgIpc) is 2.15. The van der Waals surface area contributed by atoms with E-state index in [1.807, 2.05) is 20.8 Å². The fourth-order valence-electron chi connectivity index (χ4n) is 1.03. The monoisotopic (exact) mass is 227 g/mol. The van der Waals surface area contributed by atoms with E-state index in [2.05, 4.69) is 15.3 Å². The third-order valence-corrected chi connectivity index (χ3v) is 2.05. The van der Waals surface area contributed by atoms with Crippen LogP contribution in [-0.2, 0) is 4.79 Å². The summed E-state index contributed by atoms with van der Waals surface area (Å²) in [5.41, 5.74) is 0.306. The first-order chi connectivity index (χ1) is 6.90. The number of hydrogen-bond donors (Lipinski definition) is 1. The minimum atomic E-state index is -0.745. The van der Waals surface area contributed by atoms with E-state index in [0.717, 1.165) is 0 Å². The van der Waals surface area contributed by atoms with Crippen molar-refractivity contribution in [2.45, 2.75) is 31.7 Å². The first-order valence-electron chi connectivity index (χ1n) is 4.61. The summed E-state index contributed by atoms with van der Waals surface area (Å²) in [7, 11) is 0. The van der Waals surface area contributed by atoms with Crippen molar-refractivity contribution in [3.05, 3.63) is 24.3 Å². The number of aromatic nitrogens is 2. The molecule has 1 amide bonds. The Morgan fingerprint density at radius 3 is 2.40 bits per heavy atom. The van der Waals surface area contributed by atoms with Gasteiger partial charge in [-0.05, 0) is 20.8 Å². The quantitative estimate of drug-likeness (QED) is 0.782. The van der Waals surface area contributed by atoms with Crippen molar-refractivity contribution in [1.29, 1.82) is 0 Å². The summed E-state index contributed by atoms with van der Waals surface area (Å²) < 4.78 is 0. The number of carbonyl (C=O) groups is 1. The molecule has 0 saturated heterocycles. The van der Waals surface area contributed by atoms with Gasteiger partial charge in [0.2, 0.25) is 5.91 Å². The molecule has 0 aliphatic carbocycles. The number of nitrogens with zero attached hydrogens (tertiary/aromatic N) is 2. The Balaban J connectivity index is 2.70. The second-order valence-corrected chi connectivity index (χ2v) is 4.71. The van der Waals surface area contributed by atoms with Gasteiger partial charge in [0.15, 0.2) is 0 Å². The topological polar surface area (TPSA) is 54.9 Å². The molecule has 4 nitrogen and oxygen atoms in total. The van der Waals surface area contributed by atoms with Gasteiger partial charge in [0.1, 0.15) is 11.7 Å². The number of alkyl halides is 1. The van der Waals surface area contributed by atoms with Crippen LogP contribution in [0.2, 0.25) is 0 Å². The lowest BCUT2D eigenvalue weighted by atomic mass is 10.1. The van der Waals surface area contributed by atoms with Crippen LogP contribution < -0.4 is 5.32 Å². The zero-order valence-electron chi connectivity index (χ0n) is 8.99. The van der Waals surface area contributed by atoms with Gasteiger partial charge in [-0.25, -0.2) is 9.97 Å². The highest BCUT2D eigenvalue weighted by Gasteiger charge is 2.22. The molecule has 0 aromatic carbocycles. The van der Waals surface area contributed by atoms with Crippen LogP contribution in [0, 0.1) is 0 Å². The Labute approximate surface area is 94.1 Å². The molecule has 0 saturated carbocycles. The molecule has 0 aliphatic rings. The maximum atomic E-state index is 11.7. The SMILES string of the molecule is CC(C)(C)NC(=O)C(Cl)c1cncnc1. The van der Waals surface area contributed by atoms with Crippen molar-refractivity contribution in [2.75, 3.05) is 0 Å². The molecular weight excluding hydrogens is 214 g/mol. The van der Waals surface area contributed by atoms with E-state index in [1.54, 1.807) is 0 Å². The molecule has 1 heterocycles.